The van der Waals surface area contributed by atoms with E-state index in [2.05, 4.69) is 25.6 Å². The van der Waals surface area contributed by atoms with Crippen molar-refractivity contribution in [3.63, 3.8) is 0 Å². The molecule has 8 nitrogen and oxygen atoms in total. The Balaban J connectivity index is 1.35. The van der Waals surface area contributed by atoms with Gasteiger partial charge in [0, 0.05) is 28.4 Å². The highest BCUT2D eigenvalue weighted by atomic mass is 31.2. The number of anilines is 3. The Morgan fingerprint density at radius 3 is 2.43 bits per heavy atom. The number of hydrogen-bond acceptors (Lipinski definition) is 6. The van der Waals surface area contributed by atoms with Crippen LogP contribution in [0.4, 0.5) is 30.4 Å². The van der Waals surface area contributed by atoms with Crippen LogP contribution in [-0.4, -0.2) is 38.8 Å². The summed E-state index contributed by atoms with van der Waals surface area (Å²) in [5.74, 6) is -0.0326. The van der Waals surface area contributed by atoms with E-state index in [1.165, 1.54) is 18.5 Å². The zero-order chi connectivity index (χ0) is 30.1. The quantitative estimate of drug-likeness (QED) is 0.198. The Morgan fingerprint density at radius 1 is 0.952 bits per heavy atom. The fourth-order valence-electron chi connectivity index (χ4n) is 4.19. The lowest BCUT2D eigenvalue weighted by molar-refractivity contribution is -0.137. The molecule has 42 heavy (non-hydrogen) atoms. The maximum atomic E-state index is 13.0. The van der Waals surface area contributed by atoms with Gasteiger partial charge in [0.25, 0.3) is 5.91 Å². The summed E-state index contributed by atoms with van der Waals surface area (Å²) in [7, 11) is -2.36. The first-order valence-corrected chi connectivity index (χ1v) is 15.4. The lowest BCUT2D eigenvalue weighted by Gasteiger charge is -2.11. The highest BCUT2D eigenvalue weighted by molar-refractivity contribution is 7.70. The van der Waals surface area contributed by atoms with Crippen LogP contribution in [0.25, 0.3) is 23.4 Å². The van der Waals surface area contributed by atoms with Crippen molar-refractivity contribution in [1.82, 2.24) is 19.5 Å². The van der Waals surface area contributed by atoms with Gasteiger partial charge >= 0.3 is 6.18 Å². The number of aryl methyl sites for hydroxylation is 1. The number of alkyl halides is 3. The predicted octanol–water partition coefficient (Wildman–Crippen LogP) is 7.03. The molecule has 0 spiro atoms. The minimum Gasteiger partial charge on any atom is -0.338 e. The van der Waals surface area contributed by atoms with Crippen LogP contribution in [0, 0.1) is 6.92 Å². The maximum absolute atomic E-state index is 13.0. The smallest absolute Gasteiger partial charge is 0.338 e. The van der Waals surface area contributed by atoms with Crippen LogP contribution in [0.5, 0.6) is 0 Å². The second kappa shape index (κ2) is 11.3. The molecule has 214 valence electrons. The third-order valence-electron chi connectivity index (χ3n) is 6.51. The van der Waals surface area contributed by atoms with Crippen molar-refractivity contribution >= 4 is 59.0 Å². The summed E-state index contributed by atoms with van der Waals surface area (Å²) >= 11 is 0. The Labute approximate surface area is 239 Å². The molecule has 0 atom stereocenters. The van der Waals surface area contributed by atoms with Gasteiger partial charge in [-0.05, 0) is 92.1 Å². The van der Waals surface area contributed by atoms with Crippen molar-refractivity contribution in [2.24, 2.45) is 0 Å². The molecule has 12 heteroatoms. The molecule has 2 N–H and O–H groups in total. The number of carbonyl (C=O) groups is 1. The van der Waals surface area contributed by atoms with Crippen LogP contribution in [-0.2, 0) is 10.7 Å². The van der Waals surface area contributed by atoms with Gasteiger partial charge in [-0.3, -0.25) is 9.36 Å². The number of carbonyl (C=O) groups excluding carboxylic acids is 1. The van der Waals surface area contributed by atoms with Crippen LogP contribution in [0.1, 0.15) is 27.0 Å². The number of nitrogens with one attached hydrogen (secondary N) is 2. The molecule has 0 radical (unpaired) electrons. The predicted molar refractivity (Wildman–Crippen MR) is 160 cm³/mol. The number of benzene rings is 3. The molecule has 2 heterocycles. The van der Waals surface area contributed by atoms with Crippen molar-refractivity contribution in [2.45, 2.75) is 13.1 Å². The second-order valence-electron chi connectivity index (χ2n) is 9.99. The van der Waals surface area contributed by atoms with Gasteiger partial charge in [0.15, 0.2) is 17.0 Å². The van der Waals surface area contributed by atoms with Crippen LogP contribution in [0.2, 0.25) is 0 Å². The van der Waals surface area contributed by atoms with Crippen LogP contribution >= 0.6 is 7.14 Å². The van der Waals surface area contributed by atoms with Gasteiger partial charge < -0.3 is 15.2 Å². The van der Waals surface area contributed by atoms with E-state index < -0.39 is 24.8 Å². The fourth-order valence-corrected chi connectivity index (χ4v) is 5.06. The monoisotopic (exact) mass is 590 g/mol. The summed E-state index contributed by atoms with van der Waals surface area (Å²) in [6.07, 6.45) is 2.04. The lowest BCUT2D eigenvalue weighted by Crippen LogP contribution is -2.13. The fraction of sp³-hybridized carbons (Fsp3) is 0.133. The molecule has 2 aromatic heterocycles. The summed E-state index contributed by atoms with van der Waals surface area (Å²) < 4.78 is 53.2. The molecule has 0 aliphatic rings. The van der Waals surface area contributed by atoms with Crippen molar-refractivity contribution in [1.29, 1.82) is 0 Å². The highest BCUT2D eigenvalue weighted by Crippen LogP contribution is 2.35. The molecule has 0 aliphatic carbocycles. The van der Waals surface area contributed by atoms with Crippen molar-refractivity contribution in [2.75, 3.05) is 24.0 Å². The van der Waals surface area contributed by atoms with E-state index in [0.29, 0.717) is 17.0 Å². The third kappa shape index (κ3) is 6.42. The van der Waals surface area contributed by atoms with E-state index in [1.807, 2.05) is 31.2 Å². The van der Waals surface area contributed by atoms with Crippen LogP contribution in [0.3, 0.4) is 0 Å². The van der Waals surface area contributed by atoms with Crippen LogP contribution in [0.15, 0.2) is 79.4 Å². The zero-order valence-corrected chi connectivity index (χ0v) is 23.7. The number of nitrogens with zero attached hydrogens (tertiary/aromatic N) is 4. The van der Waals surface area contributed by atoms with Gasteiger partial charge in [0.2, 0.25) is 0 Å². The average Bonchev–Trinajstić information content (AvgIpc) is 3.36. The van der Waals surface area contributed by atoms with Gasteiger partial charge in [-0.15, -0.1) is 0 Å². The Hall–Kier alpha value is -4.76. The second-order valence-corrected chi connectivity index (χ2v) is 13.2. The van der Waals surface area contributed by atoms with E-state index >= 15 is 0 Å². The number of amides is 1. The molecule has 0 bridgehead atoms. The molecule has 0 unspecified atom stereocenters. The molecule has 5 aromatic rings. The molecule has 5 rings (SSSR count). The normalized spacial score (nSPS) is 12.1. The van der Waals surface area contributed by atoms with Crippen molar-refractivity contribution < 1.29 is 22.5 Å². The number of rotatable bonds is 7. The molecular weight excluding hydrogens is 564 g/mol. The summed E-state index contributed by atoms with van der Waals surface area (Å²) in [5, 5.41) is 6.54. The number of halogens is 3. The van der Waals surface area contributed by atoms with Gasteiger partial charge in [-0.1, -0.05) is 12.1 Å². The molecular formula is C30H26F3N6O2P. The first-order chi connectivity index (χ1) is 19.9. The van der Waals surface area contributed by atoms with E-state index in [9.17, 15) is 22.5 Å². The maximum Gasteiger partial charge on any atom is 0.416 e. The summed E-state index contributed by atoms with van der Waals surface area (Å²) in [6, 6.07) is 16.8. The third-order valence-corrected chi connectivity index (χ3v) is 8.06. The van der Waals surface area contributed by atoms with Crippen molar-refractivity contribution in [3.8, 4) is 0 Å². The van der Waals surface area contributed by atoms with E-state index in [1.54, 1.807) is 54.7 Å². The van der Waals surface area contributed by atoms with Gasteiger partial charge in [-0.25, -0.2) is 15.0 Å². The van der Waals surface area contributed by atoms with Gasteiger partial charge in [0.05, 0.1) is 5.56 Å². The molecule has 0 fully saturated rings. The average molecular weight is 591 g/mol. The topological polar surface area (TPSA) is 102 Å². The first kappa shape index (κ1) is 28.8. The molecule has 3 aromatic carbocycles. The molecule has 1 amide bonds. The van der Waals surface area contributed by atoms with Crippen molar-refractivity contribution in [3.05, 3.63) is 102 Å². The van der Waals surface area contributed by atoms with E-state index in [0.717, 1.165) is 34.3 Å². The molecule has 0 saturated heterocycles. The molecule has 0 aliphatic heterocycles. The number of hydrogen-bond donors (Lipinski definition) is 2. The summed E-state index contributed by atoms with van der Waals surface area (Å²) in [4.78, 5) is 26.0. The number of fused-ring (bicyclic) bond motifs is 1. The zero-order valence-electron chi connectivity index (χ0n) is 22.8. The lowest BCUT2D eigenvalue weighted by atomic mass is 10.0. The Kier molecular flexibility index (Phi) is 7.71. The Morgan fingerprint density at radius 2 is 1.71 bits per heavy atom. The number of aromatic nitrogens is 4. The summed E-state index contributed by atoms with van der Waals surface area (Å²) in [5.41, 5.74) is 2.94. The highest BCUT2D eigenvalue weighted by Gasteiger charge is 2.30. The number of imidazole rings is 1. The van der Waals surface area contributed by atoms with Gasteiger partial charge in [0.1, 0.15) is 19.8 Å². The first-order valence-electron chi connectivity index (χ1n) is 12.8. The minimum absolute atomic E-state index is 0.0492. The Bertz CT molecular complexity index is 1860. The van der Waals surface area contributed by atoms with Crippen LogP contribution < -0.4 is 15.9 Å². The standard InChI is InChI=1S/C30H26F3N6O2P/c1-19-7-8-21(29(40)38-24-6-4-5-22(16-24)30(31,32)33)15-20(19)13-14-39-18-36-26-27(34-17-35-28(26)39)37-23-9-11-25(12-10-23)42(2,3)41/h4-18H,1-3H3,(H,38,40)(H,34,35,37)/b14-13+. The van der Waals surface area contributed by atoms with E-state index in [4.69, 9.17) is 0 Å². The SMILES string of the molecule is Cc1ccc(C(=O)Nc2cccc(C(F)(F)F)c2)cc1/C=C/n1cnc2c(Nc3ccc(P(C)(C)=O)cc3)ncnc21. The largest absolute Gasteiger partial charge is 0.416 e. The minimum atomic E-state index is -4.51. The molecule has 0 saturated carbocycles. The summed E-state index contributed by atoms with van der Waals surface area (Å²) in [6.45, 7) is 5.32. The van der Waals surface area contributed by atoms with Gasteiger partial charge in [-0.2, -0.15) is 13.2 Å². The van der Waals surface area contributed by atoms with E-state index in [-0.39, 0.29) is 11.3 Å².